The lowest BCUT2D eigenvalue weighted by Gasteiger charge is -2.60. The minimum absolute atomic E-state index is 0.119. The van der Waals surface area contributed by atoms with Crippen molar-refractivity contribution < 1.29 is 34.1 Å². The van der Waals surface area contributed by atoms with Crippen LogP contribution < -0.4 is 9.47 Å². The number of aliphatic hydroxyl groups is 2. The van der Waals surface area contributed by atoms with Crippen LogP contribution in [0.15, 0.2) is 71.9 Å². The van der Waals surface area contributed by atoms with Gasteiger partial charge in [-0.1, -0.05) is 37.1 Å². The SMILES string of the molecule is C=CCOC12Oc3ccc(OCCN4CC4)cc3C3C(CCCCO)C(CCCCO)C=C(C(=NOC)CC1N(CCC)C(=O)c1ccc(C#N)cc1)C32. The van der Waals surface area contributed by atoms with Crippen LogP contribution in [0.4, 0.5) is 0 Å². The maximum Gasteiger partial charge on any atom is 0.254 e. The first-order chi connectivity index (χ1) is 26.4. The molecule has 290 valence electrons. The first-order valence-electron chi connectivity index (χ1n) is 19.7. The van der Waals surface area contributed by atoms with Crippen molar-refractivity contribution in [3.8, 4) is 17.6 Å². The average Bonchev–Trinajstić information content (AvgIpc) is 4.02. The van der Waals surface area contributed by atoms with E-state index in [0.717, 1.165) is 67.9 Å². The van der Waals surface area contributed by atoms with Gasteiger partial charge in [-0.2, -0.15) is 5.26 Å². The Balaban J connectivity index is 1.54. The van der Waals surface area contributed by atoms with E-state index in [1.165, 1.54) is 0 Å². The Hall–Kier alpha value is -4.21. The molecule has 4 aliphatic rings. The molecule has 0 aromatic heterocycles. The van der Waals surface area contributed by atoms with Crippen LogP contribution in [-0.4, -0.2) is 103 Å². The molecule has 6 atom stereocenters. The molecular weight excluding hydrogens is 684 g/mol. The number of fused-ring (bicyclic) bond motifs is 2. The topological polar surface area (TPSA) is 137 Å². The molecule has 1 saturated carbocycles. The standard InChI is InChI=1S/C43H56N4O7/c1-4-18-47(42(50)31-14-12-30(29-44)13-15-31)39-28-37(45-51-3)35-26-32(10-6-8-22-48)34(11-7-9-23-49)40-36-27-33(52-25-21-46-19-20-46)16-17-38(36)54-43(39,41(35)40)53-24-5-2/h5,12-17,26-27,32,34,39-41,48-49H,2,4,6-11,18-25,28H2,1,3H3. The number of oxime groups is 1. The maximum absolute atomic E-state index is 14.7. The van der Waals surface area contributed by atoms with E-state index in [-0.39, 0.29) is 49.4 Å². The van der Waals surface area contributed by atoms with Crippen molar-refractivity contribution in [2.45, 2.75) is 76.0 Å². The fraction of sp³-hybridized carbons (Fsp3) is 0.558. The molecule has 2 aliphatic carbocycles. The van der Waals surface area contributed by atoms with E-state index in [1.54, 1.807) is 37.5 Å². The maximum atomic E-state index is 14.7. The molecule has 1 amide bonds. The normalized spacial score (nSPS) is 26.1. The van der Waals surface area contributed by atoms with Crippen molar-refractivity contribution in [2.75, 3.05) is 59.7 Å². The van der Waals surface area contributed by atoms with Crippen molar-refractivity contribution >= 4 is 11.6 Å². The van der Waals surface area contributed by atoms with Crippen LogP contribution in [0.3, 0.4) is 0 Å². The van der Waals surface area contributed by atoms with E-state index in [1.807, 2.05) is 24.0 Å². The van der Waals surface area contributed by atoms with Crippen molar-refractivity contribution in [1.29, 1.82) is 5.26 Å². The lowest BCUT2D eigenvalue weighted by Crippen LogP contribution is -2.70. The molecule has 2 heterocycles. The zero-order chi connectivity index (χ0) is 38.1. The number of nitriles is 1. The number of allylic oxidation sites excluding steroid dienone is 1. The summed E-state index contributed by atoms with van der Waals surface area (Å²) in [7, 11) is 1.55. The summed E-state index contributed by atoms with van der Waals surface area (Å²) in [6, 6.07) is 14.4. The van der Waals surface area contributed by atoms with E-state index in [9.17, 15) is 20.3 Å². The van der Waals surface area contributed by atoms with Crippen LogP contribution in [-0.2, 0) is 9.57 Å². The highest BCUT2D eigenvalue weighted by molar-refractivity contribution is 6.03. The molecule has 2 fully saturated rings. The lowest BCUT2D eigenvalue weighted by atomic mass is 9.55. The van der Waals surface area contributed by atoms with Crippen molar-refractivity contribution in [3.63, 3.8) is 0 Å². The van der Waals surface area contributed by atoms with Gasteiger partial charge >= 0.3 is 0 Å². The highest BCUT2D eigenvalue weighted by Crippen LogP contribution is 2.62. The molecule has 0 spiro atoms. The highest BCUT2D eigenvalue weighted by Gasteiger charge is 2.65. The molecule has 2 aromatic carbocycles. The van der Waals surface area contributed by atoms with Gasteiger partial charge in [0, 0.05) is 62.9 Å². The Kier molecular flexibility index (Phi) is 13.5. The summed E-state index contributed by atoms with van der Waals surface area (Å²) in [6.45, 7) is 10.6. The van der Waals surface area contributed by atoms with Gasteiger partial charge in [-0.25, -0.2) is 0 Å². The highest BCUT2D eigenvalue weighted by atomic mass is 16.7. The number of hydrogen-bond acceptors (Lipinski definition) is 10. The number of amides is 1. The van der Waals surface area contributed by atoms with Gasteiger partial charge in [0.1, 0.15) is 31.3 Å². The number of carbonyl (C=O) groups excluding carboxylic acids is 1. The van der Waals surface area contributed by atoms with E-state index in [2.05, 4.69) is 34.8 Å². The van der Waals surface area contributed by atoms with E-state index < -0.39 is 11.8 Å². The summed E-state index contributed by atoms with van der Waals surface area (Å²) in [6.07, 6.45) is 9.92. The molecule has 0 radical (unpaired) electrons. The predicted octanol–water partition coefficient (Wildman–Crippen LogP) is 6.07. The summed E-state index contributed by atoms with van der Waals surface area (Å²) in [5.74, 6) is -0.264. The van der Waals surface area contributed by atoms with Crippen LogP contribution in [0.5, 0.6) is 11.5 Å². The molecule has 2 N–H and O–H groups in total. The van der Waals surface area contributed by atoms with Crippen LogP contribution in [0.1, 0.15) is 85.7 Å². The van der Waals surface area contributed by atoms with Crippen molar-refractivity contribution in [2.24, 2.45) is 22.9 Å². The number of carbonyl (C=O) groups is 1. The molecular formula is C43H56N4O7. The molecule has 11 heteroatoms. The molecule has 1 saturated heterocycles. The Bertz CT molecular complexity index is 1700. The second-order valence-corrected chi connectivity index (χ2v) is 14.8. The monoisotopic (exact) mass is 740 g/mol. The third kappa shape index (κ3) is 8.37. The molecule has 6 rings (SSSR count). The predicted molar refractivity (Wildman–Crippen MR) is 206 cm³/mol. The third-order valence-corrected chi connectivity index (χ3v) is 11.4. The Morgan fingerprint density at radius 2 is 1.89 bits per heavy atom. The molecule has 11 nitrogen and oxygen atoms in total. The fourth-order valence-electron chi connectivity index (χ4n) is 8.93. The summed E-state index contributed by atoms with van der Waals surface area (Å²) >= 11 is 0. The second-order valence-electron chi connectivity index (χ2n) is 14.8. The van der Waals surface area contributed by atoms with Gasteiger partial charge in [-0.15, -0.1) is 6.58 Å². The summed E-state index contributed by atoms with van der Waals surface area (Å²) in [5, 5.41) is 33.8. The van der Waals surface area contributed by atoms with Gasteiger partial charge in [0.2, 0.25) is 5.79 Å². The zero-order valence-corrected chi connectivity index (χ0v) is 31.8. The summed E-state index contributed by atoms with van der Waals surface area (Å²) in [4.78, 5) is 24.4. The number of aliphatic hydroxyl groups excluding tert-OH is 2. The van der Waals surface area contributed by atoms with E-state index >= 15 is 0 Å². The fourth-order valence-corrected chi connectivity index (χ4v) is 8.93. The minimum Gasteiger partial charge on any atom is -0.492 e. The Morgan fingerprint density at radius 1 is 1.13 bits per heavy atom. The smallest absolute Gasteiger partial charge is 0.254 e. The molecule has 54 heavy (non-hydrogen) atoms. The van der Waals surface area contributed by atoms with Gasteiger partial charge in [0.25, 0.3) is 5.91 Å². The lowest BCUT2D eigenvalue weighted by molar-refractivity contribution is -0.254. The quantitative estimate of drug-likeness (QED) is 0.0718. The largest absolute Gasteiger partial charge is 0.492 e. The number of hydrogen-bond donors (Lipinski definition) is 2. The van der Waals surface area contributed by atoms with E-state index in [4.69, 9.17) is 19.0 Å². The van der Waals surface area contributed by atoms with Crippen molar-refractivity contribution in [3.05, 3.63) is 83.5 Å². The van der Waals surface area contributed by atoms with Crippen LogP contribution >= 0.6 is 0 Å². The Labute approximate surface area is 319 Å². The first kappa shape index (κ1) is 39.5. The minimum atomic E-state index is -1.32. The number of nitrogens with zero attached hydrogens (tertiary/aromatic N) is 4. The molecule has 6 unspecified atom stereocenters. The van der Waals surface area contributed by atoms with Crippen molar-refractivity contribution in [1.82, 2.24) is 9.80 Å². The summed E-state index contributed by atoms with van der Waals surface area (Å²) < 4.78 is 20.6. The molecule has 2 aromatic rings. The van der Waals surface area contributed by atoms with Gasteiger partial charge < -0.3 is 34.2 Å². The van der Waals surface area contributed by atoms with Gasteiger partial charge in [0.15, 0.2) is 0 Å². The van der Waals surface area contributed by atoms with Crippen LogP contribution in [0.2, 0.25) is 0 Å². The second kappa shape index (κ2) is 18.4. The zero-order valence-electron chi connectivity index (χ0n) is 31.8. The van der Waals surface area contributed by atoms with Gasteiger partial charge in [-0.3, -0.25) is 9.69 Å². The average molecular weight is 741 g/mol. The van der Waals surface area contributed by atoms with Crippen LogP contribution in [0, 0.1) is 29.1 Å². The van der Waals surface area contributed by atoms with Crippen LogP contribution in [0.25, 0.3) is 0 Å². The van der Waals surface area contributed by atoms with E-state index in [0.29, 0.717) is 55.7 Å². The van der Waals surface area contributed by atoms with Gasteiger partial charge in [0.05, 0.1) is 29.9 Å². The molecule has 2 aliphatic heterocycles. The Morgan fingerprint density at radius 3 is 2.56 bits per heavy atom. The number of rotatable bonds is 20. The first-order valence-corrected chi connectivity index (χ1v) is 19.7. The number of unbranched alkanes of at least 4 members (excludes halogenated alkanes) is 2. The van der Waals surface area contributed by atoms with Gasteiger partial charge in [-0.05, 0) is 92.0 Å². The third-order valence-electron chi connectivity index (χ3n) is 11.4. The molecule has 0 bridgehead atoms. The number of ether oxygens (including phenoxy) is 3. The number of benzene rings is 2. The summed E-state index contributed by atoms with van der Waals surface area (Å²) in [5.41, 5.74) is 3.73.